The van der Waals surface area contributed by atoms with E-state index >= 15 is 0 Å². The van der Waals surface area contributed by atoms with E-state index in [9.17, 15) is 9.50 Å². The van der Waals surface area contributed by atoms with Crippen LogP contribution in [0.5, 0.6) is 5.75 Å². The molecule has 1 unspecified atom stereocenters. The van der Waals surface area contributed by atoms with E-state index in [1.54, 1.807) is 25.3 Å². The number of benzene rings is 2. The summed E-state index contributed by atoms with van der Waals surface area (Å²) in [6.45, 7) is 0.819. The molecule has 0 aliphatic carbocycles. The number of para-hydroxylation sites is 1. The van der Waals surface area contributed by atoms with Crippen LogP contribution in [0.4, 0.5) is 4.39 Å². The summed E-state index contributed by atoms with van der Waals surface area (Å²) >= 11 is 5.99. The Balaban J connectivity index is 2.27. The number of hydrogen-bond donors (Lipinski definition) is 1. The second kappa shape index (κ2) is 7.41. The minimum Gasteiger partial charge on any atom is -0.491 e. The molecular formula is C16H16ClFO3. The average molecular weight is 311 g/mol. The molecule has 0 aliphatic rings. The lowest BCUT2D eigenvalue weighted by atomic mass is 10.0. The van der Waals surface area contributed by atoms with Crippen LogP contribution in [0.15, 0.2) is 42.5 Å². The summed E-state index contributed by atoms with van der Waals surface area (Å²) in [7, 11) is 1.59. The molecule has 0 fully saturated rings. The summed E-state index contributed by atoms with van der Waals surface area (Å²) in [6, 6.07) is 11.0. The molecule has 2 aromatic carbocycles. The molecular weight excluding hydrogens is 295 g/mol. The lowest BCUT2D eigenvalue weighted by molar-refractivity contribution is 0.142. The lowest BCUT2D eigenvalue weighted by Gasteiger charge is -2.17. The molecule has 1 atom stereocenters. The predicted octanol–water partition coefficient (Wildman–Crippen LogP) is 3.59. The zero-order valence-corrected chi connectivity index (χ0v) is 12.3. The van der Waals surface area contributed by atoms with Gasteiger partial charge in [0.2, 0.25) is 0 Å². The fraction of sp³-hybridized carbons (Fsp3) is 0.250. The maximum atomic E-state index is 13.1. The monoisotopic (exact) mass is 310 g/mol. The highest BCUT2D eigenvalue weighted by molar-refractivity contribution is 6.31. The van der Waals surface area contributed by atoms with Crippen molar-refractivity contribution in [2.75, 3.05) is 20.3 Å². The van der Waals surface area contributed by atoms with Gasteiger partial charge in [0.25, 0.3) is 0 Å². The number of aliphatic hydroxyl groups is 1. The van der Waals surface area contributed by atoms with Crippen LogP contribution in [0.2, 0.25) is 5.02 Å². The maximum Gasteiger partial charge on any atom is 0.125 e. The Morgan fingerprint density at radius 1 is 1.14 bits per heavy atom. The fourth-order valence-electron chi connectivity index (χ4n) is 1.96. The number of ether oxygens (including phenoxy) is 2. The van der Waals surface area contributed by atoms with E-state index in [2.05, 4.69) is 0 Å². The van der Waals surface area contributed by atoms with Gasteiger partial charge in [0, 0.05) is 23.3 Å². The molecule has 5 heteroatoms. The molecule has 0 aromatic heterocycles. The molecule has 3 nitrogen and oxygen atoms in total. The molecule has 2 aromatic rings. The summed E-state index contributed by atoms with van der Waals surface area (Å²) in [5.41, 5.74) is 1.00. The quantitative estimate of drug-likeness (QED) is 0.829. The maximum absolute atomic E-state index is 13.1. The first-order valence-electron chi connectivity index (χ1n) is 6.47. The van der Waals surface area contributed by atoms with Crippen LogP contribution in [0, 0.1) is 5.82 Å². The first kappa shape index (κ1) is 15.8. The SMILES string of the molecule is COCCOc1ccccc1C(O)c1ccc(F)cc1Cl. The van der Waals surface area contributed by atoms with Gasteiger partial charge in [-0.1, -0.05) is 35.9 Å². The van der Waals surface area contributed by atoms with Crippen LogP contribution in [-0.2, 0) is 4.74 Å². The number of methoxy groups -OCH3 is 1. The van der Waals surface area contributed by atoms with Crippen molar-refractivity contribution in [3.63, 3.8) is 0 Å². The van der Waals surface area contributed by atoms with Gasteiger partial charge < -0.3 is 14.6 Å². The molecule has 0 aliphatic heterocycles. The Labute approximate surface area is 127 Å². The lowest BCUT2D eigenvalue weighted by Crippen LogP contribution is -2.08. The van der Waals surface area contributed by atoms with Crippen molar-refractivity contribution in [1.29, 1.82) is 0 Å². The molecule has 1 N–H and O–H groups in total. The van der Waals surface area contributed by atoms with Gasteiger partial charge in [0.15, 0.2) is 0 Å². The van der Waals surface area contributed by atoms with E-state index in [4.69, 9.17) is 21.1 Å². The van der Waals surface area contributed by atoms with Crippen molar-refractivity contribution in [2.24, 2.45) is 0 Å². The largest absolute Gasteiger partial charge is 0.491 e. The summed E-state index contributed by atoms with van der Waals surface area (Å²) < 4.78 is 23.6. The van der Waals surface area contributed by atoms with E-state index in [-0.39, 0.29) is 5.02 Å². The fourth-order valence-corrected chi connectivity index (χ4v) is 2.23. The molecule has 0 spiro atoms. The number of halogens is 2. The normalized spacial score (nSPS) is 12.2. The van der Waals surface area contributed by atoms with Crippen LogP contribution in [0.3, 0.4) is 0 Å². The third-order valence-electron chi connectivity index (χ3n) is 3.02. The minimum atomic E-state index is -0.989. The van der Waals surface area contributed by atoms with Crippen molar-refractivity contribution in [2.45, 2.75) is 6.10 Å². The Kier molecular flexibility index (Phi) is 5.56. The minimum absolute atomic E-state index is 0.175. The van der Waals surface area contributed by atoms with Gasteiger partial charge in [0.1, 0.15) is 24.3 Å². The Hall–Kier alpha value is -1.62. The van der Waals surface area contributed by atoms with Crippen LogP contribution < -0.4 is 4.74 Å². The van der Waals surface area contributed by atoms with Crippen molar-refractivity contribution in [1.82, 2.24) is 0 Å². The van der Waals surface area contributed by atoms with Crippen LogP contribution in [0.1, 0.15) is 17.2 Å². The van der Waals surface area contributed by atoms with Crippen molar-refractivity contribution >= 4 is 11.6 Å². The molecule has 21 heavy (non-hydrogen) atoms. The first-order chi connectivity index (χ1) is 10.1. The number of aliphatic hydroxyl groups excluding tert-OH is 1. The first-order valence-corrected chi connectivity index (χ1v) is 6.85. The van der Waals surface area contributed by atoms with Crippen LogP contribution in [0.25, 0.3) is 0 Å². The average Bonchev–Trinajstić information content (AvgIpc) is 2.47. The topological polar surface area (TPSA) is 38.7 Å². The van der Waals surface area contributed by atoms with E-state index in [1.165, 1.54) is 18.2 Å². The number of hydrogen-bond acceptors (Lipinski definition) is 3. The van der Waals surface area contributed by atoms with Crippen molar-refractivity contribution < 1.29 is 19.0 Å². The third kappa shape index (κ3) is 3.94. The standard InChI is InChI=1S/C16H16ClFO3/c1-20-8-9-21-15-5-3-2-4-13(15)16(19)12-7-6-11(18)10-14(12)17/h2-7,10,16,19H,8-9H2,1H3. The highest BCUT2D eigenvalue weighted by Gasteiger charge is 2.18. The predicted molar refractivity (Wildman–Crippen MR) is 79.3 cm³/mol. The van der Waals surface area contributed by atoms with Gasteiger partial charge in [0.05, 0.1) is 6.61 Å². The van der Waals surface area contributed by atoms with Gasteiger partial charge >= 0.3 is 0 Å². The summed E-state index contributed by atoms with van der Waals surface area (Å²) in [5.74, 6) is 0.100. The zero-order valence-electron chi connectivity index (χ0n) is 11.6. The van der Waals surface area contributed by atoms with Gasteiger partial charge in [-0.05, 0) is 18.2 Å². The molecule has 0 radical (unpaired) electrons. The van der Waals surface area contributed by atoms with E-state index in [0.717, 1.165) is 0 Å². The summed E-state index contributed by atoms with van der Waals surface area (Å²) in [5, 5.41) is 10.7. The van der Waals surface area contributed by atoms with E-state index < -0.39 is 11.9 Å². The summed E-state index contributed by atoms with van der Waals surface area (Å²) in [6.07, 6.45) is -0.989. The zero-order chi connectivity index (χ0) is 15.2. The molecule has 0 bridgehead atoms. The Morgan fingerprint density at radius 2 is 1.90 bits per heavy atom. The van der Waals surface area contributed by atoms with Gasteiger partial charge in [-0.2, -0.15) is 0 Å². The molecule has 0 heterocycles. The van der Waals surface area contributed by atoms with E-state index in [1.807, 2.05) is 6.07 Å². The van der Waals surface area contributed by atoms with Gasteiger partial charge in [-0.25, -0.2) is 4.39 Å². The van der Waals surface area contributed by atoms with Crippen LogP contribution >= 0.6 is 11.6 Å². The molecule has 2 rings (SSSR count). The number of rotatable bonds is 6. The second-order valence-corrected chi connectivity index (χ2v) is 4.85. The third-order valence-corrected chi connectivity index (χ3v) is 3.34. The van der Waals surface area contributed by atoms with Crippen LogP contribution in [-0.4, -0.2) is 25.4 Å². The van der Waals surface area contributed by atoms with E-state index in [0.29, 0.717) is 30.1 Å². The molecule has 0 saturated carbocycles. The summed E-state index contributed by atoms with van der Waals surface area (Å²) in [4.78, 5) is 0. The van der Waals surface area contributed by atoms with Crippen molar-refractivity contribution in [3.8, 4) is 5.75 Å². The second-order valence-electron chi connectivity index (χ2n) is 4.45. The molecule has 112 valence electrons. The smallest absolute Gasteiger partial charge is 0.125 e. The van der Waals surface area contributed by atoms with Gasteiger partial charge in [-0.15, -0.1) is 0 Å². The molecule has 0 amide bonds. The van der Waals surface area contributed by atoms with Gasteiger partial charge in [-0.3, -0.25) is 0 Å². The Bertz CT molecular complexity index is 604. The van der Waals surface area contributed by atoms with Crippen molar-refractivity contribution in [3.05, 3.63) is 64.4 Å². The Morgan fingerprint density at radius 3 is 2.62 bits per heavy atom. The highest BCUT2D eigenvalue weighted by Crippen LogP contribution is 2.33. The molecule has 0 saturated heterocycles. The highest BCUT2D eigenvalue weighted by atomic mass is 35.5.